The number of hydrogen-bond donors (Lipinski definition) is 1. The summed E-state index contributed by atoms with van der Waals surface area (Å²) in [6.45, 7) is 9.35. The van der Waals surface area contributed by atoms with E-state index in [2.05, 4.69) is 19.2 Å². The third-order valence-electron chi connectivity index (χ3n) is 4.39. The molecule has 0 aliphatic carbocycles. The van der Waals surface area contributed by atoms with Crippen molar-refractivity contribution in [2.24, 2.45) is 10.8 Å². The summed E-state index contributed by atoms with van der Waals surface area (Å²) in [5.74, 6) is -1.05. The van der Waals surface area contributed by atoms with Crippen LogP contribution in [-0.2, 0) is 25.6 Å². The van der Waals surface area contributed by atoms with Gasteiger partial charge in [0.25, 0.3) is 11.8 Å². The quantitative estimate of drug-likeness (QED) is 0.590. The highest BCUT2D eigenvalue weighted by molar-refractivity contribution is 6.28. The highest BCUT2D eigenvalue weighted by atomic mass is 16.2. The molecule has 2 rings (SSSR count). The minimum Gasteiger partial charge on any atom is -0.326 e. The molecule has 0 saturated heterocycles. The van der Waals surface area contributed by atoms with Gasteiger partial charge in [-0.1, -0.05) is 33.8 Å². The number of nitrogens with one attached hydrogen (secondary N) is 1. The van der Waals surface area contributed by atoms with Gasteiger partial charge in [0, 0.05) is 30.2 Å². The number of anilines is 2. The van der Waals surface area contributed by atoms with E-state index in [1.54, 1.807) is 12.1 Å². The summed E-state index contributed by atoms with van der Waals surface area (Å²) in [5, 5.41) is 2.79. The number of aldehydes is 1. The number of hydrogen-bond acceptors (Lipinski definition) is 4. The standard InChI is InChI=1S/C21H26N2O4/c1-14(25)22-17-10-16(23-18(26)8-9-19(23)27)7-6-15(17)11-20(2,3)12-21(4,5)13-24/h6-10,13H,11-12H2,1-5H3,(H,22,25). The van der Waals surface area contributed by atoms with Gasteiger partial charge in [-0.3, -0.25) is 14.4 Å². The molecule has 0 bridgehead atoms. The number of carbonyl (C=O) groups is 4. The van der Waals surface area contributed by atoms with Crippen LogP contribution in [0.5, 0.6) is 0 Å². The van der Waals surface area contributed by atoms with Gasteiger partial charge in [-0.05, 0) is 36.0 Å². The van der Waals surface area contributed by atoms with Crippen molar-refractivity contribution in [3.63, 3.8) is 0 Å². The molecule has 1 aromatic carbocycles. The molecule has 144 valence electrons. The molecule has 6 nitrogen and oxygen atoms in total. The van der Waals surface area contributed by atoms with E-state index in [4.69, 9.17) is 0 Å². The first-order valence-electron chi connectivity index (χ1n) is 8.87. The second-order valence-electron chi connectivity index (χ2n) is 8.49. The molecule has 0 fully saturated rings. The fourth-order valence-electron chi connectivity index (χ4n) is 3.67. The molecule has 6 heteroatoms. The van der Waals surface area contributed by atoms with E-state index >= 15 is 0 Å². The second kappa shape index (κ2) is 7.47. The van der Waals surface area contributed by atoms with Crippen LogP contribution in [0.2, 0.25) is 0 Å². The largest absolute Gasteiger partial charge is 0.326 e. The Hall–Kier alpha value is -2.76. The predicted octanol–water partition coefficient (Wildman–Crippen LogP) is 3.26. The van der Waals surface area contributed by atoms with Crippen LogP contribution in [0.1, 0.15) is 46.6 Å². The van der Waals surface area contributed by atoms with Crippen molar-refractivity contribution < 1.29 is 19.2 Å². The lowest BCUT2D eigenvalue weighted by Gasteiger charge is -2.32. The van der Waals surface area contributed by atoms with Crippen LogP contribution >= 0.6 is 0 Å². The average Bonchev–Trinajstić information content (AvgIpc) is 2.86. The van der Waals surface area contributed by atoms with Gasteiger partial charge in [0.1, 0.15) is 6.29 Å². The van der Waals surface area contributed by atoms with Gasteiger partial charge in [0.15, 0.2) is 0 Å². The molecule has 1 aromatic rings. The molecule has 1 aliphatic rings. The van der Waals surface area contributed by atoms with Crippen LogP contribution in [-0.4, -0.2) is 24.0 Å². The van der Waals surface area contributed by atoms with E-state index in [-0.39, 0.29) is 11.3 Å². The van der Waals surface area contributed by atoms with Crippen molar-refractivity contribution >= 4 is 35.4 Å². The maximum Gasteiger partial charge on any atom is 0.258 e. The molecule has 0 aromatic heterocycles. The zero-order valence-corrected chi connectivity index (χ0v) is 16.5. The smallest absolute Gasteiger partial charge is 0.258 e. The molecule has 1 N–H and O–H groups in total. The van der Waals surface area contributed by atoms with Crippen LogP contribution in [0.4, 0.5) is 11.4 Å². The first-order chi connectivity index (χ1) is 12.4. The van der Waals surface area contributed by atoms with E-state index in [0.717, 1.165) is 16.7 Å². The summed E-state index contributed by atoms with van der Waals surface area (Å²) >= 11 is 0. The summed E-state index contributed by atoms with van der Waals surface area (Å²) in [7, 11) is 0. The van der Waals surface area contributed by atoms with Gasteiger partial charge >= 0.3 is 0 Å². The van der Waals surface area contributed by atoms with E-state index in [9.17, 15) is 19.2 Å². The summed E-state index contributed by atoms with van der Waals surface area (Å²) < 4.78 is 0. The Morgan fingerprint density at radius 3 is 2.22 bits per heavy atom. The van der Waals surface area contributed by atoms with Gasteiger partial charge in [-0.2, -0.15) is 0 Å². The number of imide groups is 1. The lowest BCUT2D eigenvalue weighted by Crippen LogP contribution is -2.30. The fourth-order valence-corrected chi connectivity index (χ4v) is 3.67. The van der Waals surface area contributed by atoms with E-state index in [1.165, 1.54) is 19.1 Å². The number of nitrogens with zero attached hydrogens (tertiary/aromatic N) is 1. The molecule has 0 atom stereocenters. The monoisotopic (exact) mass is 370 g/mol. The molecular formula is C21H26N2O4. The van der Waals surface area contributed by atoms with Gasteiger partial charge in [-0.15, -0.1) is 0 Å². The molecule has 3 amide bonds. The summed E-state index contributed by atoms with van der Waals surface area (Å²) in [6, 6.07) is 5.15. The van der Waals surface area contributed by atoms with Gasteiger partial charge in [-0.25, -0.2) is 4.90 Å². The second-order valence-corrected chi connectivity index (χ2v) is 8.49. The van der Waals surface area contributed by atoms with Gasteiger partial charge in [0.2, 0.25) is 5.91 Å². The Morgan fingerprint density at radius 1 is 1.11 bits per heavy atom. The molecule has 27 heavy (non-hydrogen) atoms. The molecule has 1 aliphatic heterocycles. The maximum atomic E-state index is 11.9. The van der Waals surface area contributed by atoms with Crippen LogP contribution in [0, 0.1) is 10.8 Å². The van der Waals surface area contributed by atoms with Crippen LogP contribution in [0.25, 0.3) is 0 Å². The first kappa shape index (κ1) is 20.6. The Kier molecular flexibility index (Phi) is 5.68. The lowest BCUT2D eigenvalue weighted by molar-refractivity contribution is -0.120. The number of rotatable bonds is 7. The Labute approximate surface area is 159 Å². The summed E-state index contributed by atoms with van der Waals surface area (Å²) in [6.07, 6.45) is 4.71. The molecule has 1 heterocycles. The van der Waals surface area contributed by atoms with E-state index < -0.39 is 17.2 Å². The zero-order valence-electron chi connectivity index (χ0n) is 16.5. The summed E-state index contributed by atoms with van der Waals surface area (Å²) in [4.78, 5) is 47.8. The third-order valence-corrected chi connectivity index (χ3v) is 4.39. The Bertz CT molecular complexity index is 803. The van der Waals surface area contributed by atoms with Crippen molar-refractivity contribution in [3.8, 4) is 0 Å². The van der Waals surface area contributed by atoms with Crippen LogP contribution in [0.15, 0.2) is 30.4 Å². The van der Waals surface area contributed by atoms with Crippen molar-refractivity contribution in [3.05, 3.63) is 35.9 Å². The summed E-state index contributed by atoms with van der Waals surface area (Å²) in [5.41, 5.74) is 1.21. The predicted molar refractivity (Wildman–Crippen MR) is 104 cm³/mol. The highest BCUT2D eigenvalue weighted by Crippen LogP contribution is 2.37. The van der Waals surface area contributed by atoms with Crippen LogP contribution in [0.3, 0.4) is 0 Å². The molecule has 0 unspecified atom stereocenters. The van der Waals surface area contributed by atoms with Crippen molar-refractivity contribution in [2.75, 3.05) is 10.2 Å². The maximum absolute atomic E-state index is 11.9. The van der Waals surface area contributed by atoms with Gasteiger partial charge in [0.05, 0.1) is 5.69 Å². The van der Waals surface area contributed by atoms with E-state index in [0.29, 0.717) is 24.2 Å². The van der Waals surface area contributed by atoms with Crippen molar-refractivity contribution in [1.29, 1.82) is 0 Å². The SMILES string of the molecule is CC(=O)Nc1cc(N2C(=O)C=CC2=O)ccc1CC(C)(C)CC(C)(C)C=O. The first-order valence-corrected chi connectivity index (χ1v) is 8.87. The zero-order chi connectivity index (χ0) is 20.4. The Morgan fingerprint density at radius 2 is 1.70 bits per heavy atom. The average molecular weight is 370 g/mol. The van der Waals surface area contributed by atoms with Gasteiger partial charge < -0.3 is 10.1 Å². The number of amides is 3. The third kappa shape index (κ3) is 5.12. The number of carbonyl (C=O) groups excluding carboxylic acids is 4. The Balaban J connectivity index is 2.36. The molecular weight excluding hydrogens is 344 g/mol. The van der Waals surface area contributed by atoms with Crippen molar-refractivity contribution in [2.45, 2.75) is 47.5 Å². The number of benzene rings is 1. The van der Waals surface area contributed by atoms with E-state index in [1.807, 2.05) is 19.9 Å². The normalized spacial score (nSPS) is 14.6. The topological polar surface area (TPSA) is 83.6 Å². The molecule has 0 radical (unpaired) electrons. The van der Waals surface area contributed by atoms with Crippen LogP contribution < -0.4 is 10.2 Å². The molecule has 0 spiro atoms. The minimum atomic E-state index is -0.447. The highest BCUT2D eigenvalue weighted by Gasteiger charge is 2.30. The molecule has 0 saturated carbocycles. The lowest BCUT2D eigenvalue weighted by atomic mass is 9.72. The minimum absolute atomic E-state index is 0.194. The van der Waals surface area contributed by atoms with Crippen molar-refractivity contribution in [1.82, 2.24) is 0 Å². The fraction of sp³-hybridized carbons (Fsp3) is 0.429.